The largest absolute Gasteiger partial charge is 0.353 e. The van der Waals surface area contributed by atoms with Gasteiger partial charge in [-0.25, -0.2) is 0 Å². The zero-order chi connectivity index (χ0) is 11.6. The SMILES string of the molecule is CN(C)C(CNC(=O)C(C)(C)N)C1CC1. The van der Waals surface area contributed by atoms with E-state index in [1.807, 2.05) is 0 Å². The number of nitrogens with zero attached hydrogens (tertiary/aromatic N) is 1. The van der Waals surface area contributed by atoms with Crippen molar-refractivity contribution < 1.29 is 4.79 Å². The summed E-state index contributed by atoms with van der Waals surface area (Å²) in [4.78, 5) is 13.8. The van der Waals surface area contributed by atoms with Crippen LogP contribution in [-0.2, 0) is 4.79 Å². The Morgan fingerprint density at radius 1 is 1.53 bits per heavy atom. The minimum absolute atomic E-state index is 0.0741. The smallest absolute Gasteiger partial charge is 0.239 e. The summed E-state index contributed by atoms with van der Waals surface area (Å²) in [5.74, 6) is 0.677. The van der Waals surface area contributed by atoms with Gasteiger partial charge in [0, 0.05) is 12.6 Å². The maximum absolute atomic E-state index is 11.6. The number of carbonyl (C=O) groups is 1. The molecule has 1 aliphatic rings. The van der Waals surface area contributed by atoms with Crippen molar-refractivity contribution in [3.63, 3.8) is 0 Å². The first-order valence-corrected chi connectivity index (χ1v) is 5.56. The molecule has 0 saturated heterocycles. The van der Waals surface area contributed by atoms with E-state index in [2.05, 4.69) is 24.3 Å². The lowest BCUT2D eigenvalue weighted by Crippen LogP contribution is -2.52. The number of likely N-dealkylation sites (N-methyl/N-ethyl adjacent to an activating group) is 1. The number of nitrogens with two attached hydrogens (primary N) is 1. The standard InChI is InChI=1S/C11H23N3O/c1-11(2,12)10(15)13-7-9(14(3)4)8-5-6-8/h8-9H,5-7,12H2,1-4H3,(H,13,15). The predicted octanol–water partition coefficient (Wildman–Crippen LogP) is 0.180. The molecule has 3 N–H and O–H groups in total. The van der Waals surface area contributed by atoms with Crippen molar-refractivity contribution in [1.82, 2.24) is 10.2 Å². The van der Waals surface area contributed by atoms with Gasteiger partial charge < -0.3 is 16.0 Å². The Labute approximate surface area is 92.2 Å². The summed E-state index contributed by atoms with van der Waals surface area (Å²) in [6, 6.07) is 0.455. The van der Waals surface area contributed by atoms with Crippen molar-refractivity contribution in [3.8, 4) is 0 Å². The molecule has 0 radical (unpaired) electrons. The number of hydrogen-bond acceptors (Lipinski definition) is 3. The normalized spacial score (nSPS) is 19.1. The summed E-state index contributed by atoms with van der Waals surface area (Å²) >= 11 is 0. The van der Waals surface area contributed by atoms with Gasteiger partial charge in [-0.05, 0) is 46.7 Å². The highest BCUT2D eigenvalue weighted by Gasteiger charge is 2.33. The lowest BCUT2D eigenvalue weighted by atomic mass is 10.1. The monoisotopic (exact) mass is 213 g/mol. The molecule has 0 spiro atoms. The van der Waals surface area contributed by atoms with Gasteiger partial charge in [0.05, 0.1) is 5.54 Å². The summed E-state index contributed by atoms with van der Waals surface area (Å²) in [5.41, 5.74) is 4.93. The van der Waals surface area contributed by atoms with Crippen LogP contribution >= 0.6 is 0 Å². The molecular formula is C11H23N3O. The lowest BCUT2D eigenvalue weighted by Gasteiger charge is -2.26. The Balaban J connectivity index is 2.37. The molecule has 0 aromatic carbocycles. The van der Waals surface area contributed by atoms with Crippen LogP contribution in [0.2, 0.25) is 0 Å². The van der Waals surface area contributed by atoms with Crippen LogP contribution in [0, 0.1) is 5.92 Å². The van der Waals surface area contributed by atoms with E-state index in [4.69, 9.17) is 5.73 Å². The first-order valence-electron chi connectivity index (χ1n) is 5.56. The van der Waals surface area contributed by atoms with Gasteiger partial charge in [0.15, 0.2) is 0 Å². The van der Waals surface area contributed by atoms with Gasteiger partial charge in [-0.2, -0.15) is 0 Å². The molecule has 0 heterocycles. The number of hydrogen-bond donors (Lipinski definition) is 2. The second-order valence-electron chi connectivity index (χ2n) is 5.30. The Morgan fingerprint density at radius 3 is 2.40 bits per heavy atom. The van der Waals surface area contributed by atoms with E-state index >= 15 is 0 Å². The van der Waals surface area contributed by atoms with Crippen LogP contribution in [0.4, 0.5) is 0 Å². The third-order valence-corrected chi connectivity index (χ3v) is 2.89. The van der Waals surface area contributed by atoms with Crippen LogP contribution in [0.5, 0.6) is 0 Å². The van der Waals surface area contributed by atoms with E-state index in [9.17, 15) is 4.79 Å². The van der Waals surface area contributed by atoms with Crippen LogP contribution in [-0.4, -0.2) is 43.0 Å². The summed E-state index contributed by atoms with van der Waals surface area (Å²) in [6.07, 6.45) is 2.56. The Hall–Kier alpha value is -0.610. The van der Waals surface area contributed by atoms with Gasteiger partial charge in [-0.15, -0.1) is 0 Å². The van der Waals surface area contributed by atoms with E-state index in [-0.39, 0.29) is 5.91 Å². The third kappa shape index (κ3) is 3.80. The topological polar surface area (TPSA) is 58.4 Å². The van der Waals surface area contributed by atoms with Gasteiger partial charge in [-0.1, -0.05) is 0 Å². The fourth-order valence-corrected chi connectivity index (χ4v) is 1.68. The molecule has 0 aliphatic heterocycles. The molecule has 15 heavy (non-hydrogen) atoms. The van der Waals surface area contributed by atoms with Crippen LogP contribution in [0.1, 0.15) is 26.7 Å². The zero-order valence-corrected chi connectivity index (χ0v) is 10.2. The zero-order valence-electron chi connectivity index (χ0n) is 10.2. The van der Waals surface area contributed by atoms with Crippen LogP contribution in [0.3, 0.4) is 0 Å². The first-order chi connectivity index (χ1) is 6.82. The van der Waals surface area contributed by atoms with Gasteiger partial charge in [0.2, 0.25) is 5.91 Å². The Bertz CT molecular complexity index is 226. The molecule has 1 saturated carbocycles. The van der Waals surface area contributed by atoms with E-state index in [0.717, 1.165) is 5.92 Å². The highest BCUT2D eigenvalue weighted by molar-refractivity contribution is 5.85. The number of nitrogens with one attached hydrogen (secondary N) is 1. The van der Waals surface area contributed by atoms with Crippen LogP contribution < -0.4 is 11.1 Å². The van der Waals surface area contributed by atoms with Crippen molar-refractivity contribution in [1.29, 1.82) is 0 Å². The van der Waals surface area contributed by atoms with E-state index < -0.39 is 5.54 Å². The molecular weight excluding hydrogens is 190 g/mol. The van der Waals surface area contributed by atoms with Crippen molar-refractivity contribution in [2.45, 2.75) is 38.3 Å². The number of amides is 1. The van der Waals surface area contributed by atoms with Crippen molar-refractivity contribution >= 4 is 5.91 Å². The molecule has 1 fully saturated rings. The minimum Gasteiger partial charge on any atom is -0.353 e. The molecule has 1 rings (SSSR count). The molecule has 4 heteroatoms. The number of carbonyl (C=O) groups excluding carboxylic acids is 1. The molecule has 1 amide bonds. The lowest BCUT2D eigenvalue weighted by molar-refractivity contribution is -0.125. The molecule has 0 aromatic rings. The van der Waals surface area contributed by atoms with Gasteiger partial charge in [0.1, 0.15) is 0 Å². The highest BCUT2D eigenvalue weighted by Crippen LogP contribution is 2.34. The maximum Gasteiger partial charge on any atom is 0.239 e. The molecule has 88 valence electrons. The quantitative estimate of drug-likeness (QED) is 0.685. The minimum atomic E-state index is -0.777. The summed E-state index contributed by atoms with van der Waals surface area (Å²) in [6.45, 7) is 4.16. The number of rotatable bonds is 5. The first kappa shape index (κ1) is 12.5. The van der Waals surface area contributed by atoms with E-state index in [1.54, 1.807) is 13.8 Å². The van der Waals surface area contributed by atoms with Crippen molar-refractivity contribution in [2.75, 3.05) is 20.6 Å². The third-order valence-electron chi connectivity index (χ3n) is 2.89. The molecule has 1 atom stereocenters. The van der Waals surface area contributed by atoms with E-state index in [0.29, 0.717) is 12.6 Å². The fourth-order valence-electron chi connectivity index (χ4n) is 1.68. The summed E-state index contributed by atoms with van der Waals surface area (Å²) in [5, 5.41) is 2.92. The van der Waals surface area contributed by atoms with Gasteiger partial charge >= 0.3 is 0 Å². The van der Waals surface area contributed by atoms with E-state index in [1.165, 1.54) is 12.8 Å². The Morgan fingerprint density at radius 2 is 2.07 bits per heavy atom. The van der Waals surface area contributed by atoms with Crippen LogP contribution in [0.25, 0.3) is 0 Å². The highest BCUT2D eigenvalue weighted by atomic mass is 16.2. The maximum atomic E-state index is 11.6. The summed E-state index contributed by atoms with van der Waals surface area (Å²) < 4.78 is 0. The molecule has 1 aliphatic carbocycles. The Kier molecular flexibility index (Phi) is 3.73. The second-order valence-corrected chi connectivity index (χ2v) is 5.30. The summed E-state index contributed by atoms with van der Waals surface area (Å²) in [7, 11) is 4.12. The van der Waals surface area contributed by atoms with Crippen molar-refractivity contribution in [3.05, 3.63) is 0 Å². The van der Waals surface area contributed by atoms with Gasteiger partial charge in [0.25, 0.3) is 0 Å². The molecule has 4 nitrogen and oxygen atoms in total. The second kappa shape index (κ2) is 4.49. The van der Waals surface area contributed by atoms with Crippen molar-refractivity contribution in [2.24, 2.45) is 11.7 Å². The molecule has 0 aromatic heterocycles. The average Bonchev–Trinajstić information content (AvgIpc) is 2.85. The molecule has 0 bridgehead atoms. The average molecular weight is 213 g/mol. The van der Waals surface area contributed by atoms with Crippen LogP contribution in [0.15, 0.2) is 0 Å². The van der Waals surface area contributed by atoms with Gasteiger partial charge in [-0.3, -0.25) is 4.79 Å². The molecule has 1 unspecified atom stereocenters. The predicted molar refractivity (Wildman–Crippen MR) is 61.5 cm³/mol. The fraction of sp³-hybridized carbons (Fsp3) is 0.909.